The van der Waals surface area contributed by atoms with Crippen molar-refractivity contribution >= 4 is 6.09 Å². The third kappa shape index (κ3) is 1.06. The summed E-state index contributed by atoms with van der Waals surface area (Å²) in [7, 11) is 0. The minimum absolute atomic E-state index is 0.0289. The van der Waals surface area contributed by atoms with Crippen LogP contribution in [0.2, 0.25) is 0 Å². The second kappa shape index (κ2) is 2.63. The number of hydrogen-bond donors (Lipinski definition) is 2. The molecule has 0 radical (unpaired) electrons. The van der Waals surface area contributed by atoms with Gasteiger partial charge < -0.3 is 15.8 Å². The van der Waals surface area contributed by atoms with Crippen molar-refractivity contribution in [1.29, 1.82) is 0 Å². The smallest absolute Gasteiger partial charge is 0.404 e. The van der Waals surface area contributed by atoms with Crippen LogP contribution in [0.1, 0.15) is 20.8 Å². The van der Waals surface area contributed by atoms with Crippen molar-refractivity contribution in [2.24, 2.45) is 22.5 Å². The lowest BCUT2D eigenvalue weighted by Crippen LogP contribution is -2.35. The lowest BCUT2D eigenvalue weighted by atomic mass is 9.76. The second-order valence-electron chi connectivity index (χ2n) is 5.39. The standard InChI is InChI=1S/C10H18N2O2/c1-9(2,3)10-5-12-4-6(10)7(10)14-8(11)13/h6-7,12H,4-5H2,1-3H3,(H2,11,13)/t6-,7-,10-/m0/s1. The van der Waals surface area contributed by atoms with Crippen LogP contribution >= 0.6 is 0 Å². The Morgan fingerprint density at radius 1 is 1.57 bits per heavy atom. The number of ether oxygens (including phenoxy) is 1. The van der Waals surface area contributed by atoms with Crippen LogP contribution in [0.3, 0.4) is 0 Å². The molecule has 80 valence electrons. The molecule has 0 aromatic rings. The first-order chi connectivity index (χ1) is 6.39. The lowest BCUT2D eigenvalue weighted by Gasteiger charge is -2.30. The van der Waals surface area contributed by atoms with Crippen LogP contribution in [0.4, 0.5) is 4.79 Å². The first-order valence-corrected chi connectivity index (χ1v) is 5.06. The van der Waals surface area contributed by atoms with Gasteiger partial charge in [0.1, 0.15) is 6.10 Å². The van der Waals surface area contributed by atoms with Crippen molar-refractivity contribution in [2.75, 3.05) is 13.1 Å². The predicted octanol–water partition coefficient (Wildman–Crippen LogP) is 0.716. The average Bonchev–Trinajstić information content (AvgIpc) is 2.48. The molecule has 1 aliphatic carbocycles. The molecule has 0 aromatic heterocycles. The van der Waals surface area contributed by atoms with Crippen molar-refractivity contribution in [3.63, 3.8) is 0 Å². The molecule has 0 bridgehead atoms. The maximum atomic E-state index is 10.7. The molecule has 0 unspecified atom stereocenters. The zero-order valence-corrected chi connectivity index (χ0v) is 8.96. The third-order valence-electron chi connectivity index (χ3n) is 3.85. The zero-order valence-electron chi connectivity index (χ0n) is 8.96. The Balaban J connectivity index is 2.15. The molecule has 2 aliphatic rings. The summed E-state index contributed by atoms with van der Waals surface area (Å²) in [4.78, 5) is 10.7. The molecule has 14 heavy (non-hydrogen) atoms. The van der Waals surface area contributed by atoms with Gasteiger partial charge in [0.25, 0.3) is 0 Å². The van der Waals surface area contributed by atoms with E-state index in [9.17, 15) is 4.79 Å². The Morgan fingerprint density at radius 3 is 2.64 bits per heavy atom. The molecule has 4 nitrogen and oxygen atoms in total. The highest BCUT2D eigenvalue weighted by Gasteiger charge is 2.74. The summed E-state index contributed by atoms with van der Waals surface area (Å²) in [6.07, 6.45) is -0.616. The largest absolute Gasteiger partial charge is 0.445 e. The molecular weight excluding hydrogens is 180 g/mol. The SMILES string of the molecule is CC(C)(C)[C@@]12CNC[C@H]1[C@@H]2OC(N)=O. The van der Waals surface area contributed by atoms with E-state index in [1.807, 2.05) is 0 Å². The van der Waals surface area contributed by atoms with E-state index in [0.29, 0.717) is 5.92 Å². The maximum Gasteiger partial charge on any atom is 0.404 e. The van der Waals surface area contributed by atoms with E-state index in [1.165, 1.54) is 0 Å². The Hall–Kier alpha value is -0.770. The molecule has 0 aromatic carbocycles. The number of fused-ring (bicyclic) bond motifs is 1. The van der Waals surface area contributed by atoms with E-state index in [4.69, 9.17) is 10.5 Å². The van der Waals surface area contributed by atoms with Gasteiger partial charge in [0, 0.05) is 24.4 Å². The van der Waals surface area contributed by atoms with Gasteiger partial charge in [-0.15, -0.1) is 0 Å². The van der Waals surface area contributed by atoms with E-state index in [1.54, 1.807) is 0 Å². The number of nitrogens with two attached hydrogens (primary N) is 1. The summed E-state index contributed by atoms with van der Waals surface area (Å²) in [6, 6.07) is 0. The fraction of sp³-hybridized carbons (Fsp3) is 0.900. The number of piperidine rings is 1. The zero-order chi connectivity index (χ0) is 10.6. The van der Waals surface area contributed by atoms with Gasteiger partial charge in [0.15, 0.2) is 0 Å². The van der Waals surface area contributed by atoms with Crippen LogP contribution in [0, 0.1) is 16.7 Å². The molecule has 4 heteroatoms. The Bertz CT molecular complexity index is 272. The van der Waals surface area contributed by atoms with E-state index >= 15 is 0 Å². The summed E-state index contributed by atoms with van der Waals surface area (Å²) in [5, 5.41) is 3.34. The molecule has 1 saturated heterocycles. The van der Waals surface area contributed by atoms with Gasteiger partial charge in [-0.2, -0.15) is 0 Å². The van der Waals surface area contributed by atoms with E-state index in [2.05, 4.69) is 26.1 Å². The fourth-order valence-corrected chi connectivity index (χ4v) is 3.00. The Morgan fingerprint density at radius 2 is 2.21 bits per heavy atom. The molecule has 1 saturated carbocycles. The van der Waals surface area contributed by atoms with Gasteiger partial charge in [-0.25, -0.2) is 4.79 Å². The van der Waals surface area contributed by atoms with Crippen molar-refractivity contribution in [3.8, 4) is 0 Å². The van der Waals surface area contributed by atoms with Gasteiger partial charge >= 0.3 is 6.09 Å². The molecule has 1 aliphatic heterocycles. The maximum absolute atomic E-state index is 10.7. The highest BCUT2D eigenvalue weighted by atomic mass is 16.6. The Kier molecular flexibility index (Phi) is 1.83. The molecule has 3 N–H and O–H groups in total. The molecule has 2 fully saturated rings. The van der Waals surface area contributed by atoms with Crippen LogP contribution in [0.25, 0.3) is 0 Å². The monoisotopic (exact) mass is 198 g/mol. The normalized spacial score (nSPS) is 40.5. The molecule has 1 heterocycles. The van der Waals surface area contributed by atoms with Crippen LogP contribution in [-0.2, 0) is 4.74 Å². The number of hydrogen-bond acceptors (Lipinski definition) is 3. The van der Waals surface area contributed by atoms with Crippen LogP contribution in [0.5, 0.6) is 0 Å². The van der Waals surface area contributed by atoms with Crippen molar-refractivity contribution in [2.45, 2.75) is 26.9 Å². The summed E-state index contributed by atoms with van der Waals surface area (Å²) >= 11 is 0. The van der Waals surface area contributed by atoms with Gasteiger partial charge in [0.05, 0.1) is 0 Å². The van der Waals surface area contributed by atoms with E-state index in [0.717, 1.165) is 13.1 Å². The second-order valence-corrected chi connectivity index (χ2v) is 5.39. The highest BCUT2D eigenvalue weighted by molar-refractivity contribution is 5.65. The minimum atomic E-state index is -0.645. The quantitative estimate of drug-likeness (QED) is 0.652. The average molecular weight is 198 g/mol. The van der Waals surface area contributed by atoms with Gasteiger partial charge in [0.2, 0.25) is 0 Å². The summed E-state index contributed by atoms with van der Waals surface area (Å²) in [5.74, 6) is 0.454. The van der Waals surface area contributed by atoms with Crippen LogP contribution in [0.15, 0.2) is 0 Å². The molecule has 2 rings (SSSR count). The number of rotatable bonds is 1. The first-order valence-electron chi connectivity index (χ1n) is 5.06. The highest BCUT2D eigenvalue weighted by Crippen LogP contribution is 2.66. The minimum Gasteiger partial charge on any atom is -0.445 e. The molecule has 1 amide bonds. The fourth-order valence-electron chi connectivity index (χ4n) is 3.00. The van der Waals surface area contributed by atoms with Gasteiger partial charge in [-0.3, -0.25) is 0 Å². The van der Waals surface area contributed by atoms with Gasteiger partial charge in [-0.1, -0.05) is 20.8 Å². The Labute approximate surface area is 84.2 Å². The van der Waals surface area contributed by atoms with Crippen LogP contribution < -0.4 is 11.1 Å². The van der Waals surface area contributed by atoms with Crippen molar-refractivity contribution in [3.05, 3.63) is 0 Å². The van der Waals surface area contributed by atoms with Crippen molar-refractivity contribution in [1.82, 2.24) is 5.32 Å². The molecule has 3 atom stereocenters. The van der Waals surface area contributed by atoms with E-state index in [-0.39, 0.29) is 16.9 Å². The summed E-state index contributed by atoms with van der Waals surface area (Å²) in [6.45, 7) is 8.44. The topological polar surface area (TPSA) is 64.3 Å². The number of amides is 1. The summed E-state index contributed by atoms with van der Waals surface area (Å²) in [5.41, 5.74) is 5.32. The predicted molar refractivity (Wildman–Crippen MR) is 52.7 cm³/mol. The molecular formula is C10H18N2O2. The van der Waals surface area contributed by atoms with Crippen molar-refractivity contribution < 1.29 is 9.53 Å². The van der Waals surface area contributed by atoms with Gasteiger partial charge in [-0.05, 0) is 5.41 Å². The summed E-state index contributed by atoms with van der Waals surface area (Å²) < 4.78 is 5.16. The number of nitrogens with one attached hydrogen (secondary N) is 1. The number of carbonyl (C=O) groups excluding carboxylic acids is 1. The lowest BCUT2D eigenvalue weighted by molar-refractivity contribution is 0.0932. The van der Waals surface area contributed by atoms with E-state index < -0.39 is 6.09 Å². The molecule has 0 spiro atoms. The first kappa shape index (κ1) is 9.77. The van der Waals surface area contributed by atoms with Crippen LogP contribution in [-0.4, -0.2) is 25.3 Å². The number of primary amides is 1. The number of carbonyl (C=O) groups is 1. The third-order valence-corrected chi connectivity index (χ3v) is 3.85.